The normalized spacial score (nSPS) is 9.00. The Morgan fingerprint density at radius 1 is 0.875 bits per heavy atom. The average molecular weight is 313 g/mol. The van der Waals surface area contributed by atoms with E-state index >= 15 is 0 Å². The van der Waals surface area contributed by atoms with E-state index < -0.39 is 0 Å². The predicted octanol–water partition coefficient (Wildman–Crippen LogP) is 2.53. The fraction of sp³-hybridized carbons (Fsp3) is 1.00. The van der Waals surface area contributed by atoms with Crippen LogP contribution in [0.15, 0.2) is 0 Å². The molecule has 0 saturated heterocycles. The van der Waals surface area contributed by atoms with Crippen molar-refractivity contribution in [2.75, 3.05) is 18.5 Å². The Bertz CT molecular complexity index is 30.0. The summed E-state index contributed by atoms with van der Waals surface area (Å²) in [5.41, 5.74) is 0. The third-order valence-corrected chi connectivity index (χ3v) is 4.02. The van der Waals surface area contributed by atoms with Crippen molar-refractivity contribution in [3.05, 3.63) is 0 Å². The molecule has 0 amide bonds. The molecular formula is C6H15PPt. The molecule has 0 atom stereocenters. The summed E-state index contributed by atoms with van der Waals surface area (Å²) >= 11 is 0. The first-order valence-electron chi connectivity index (χ1n) is 3.07. The molecule has 0 aliphatic carbocycles. The van der Waals surface area contributed by atoms with Crippen molar-refractivity contribution in [2.24, 2.45) is 0 Å². The molecule has 0 aromatic heterocycles. The Morgan fingerprint density at radius 2 is 1.12 bits per heavy atom. The van der Waals surface area contributed by atoms with E-state index in [0.717, 1.165) is 0 Å². The summed E-state index contributed by atoms with van der Waals surface area (Å²) in [6.45, 7) is 6.87. The number of hydrogen-bond acceptors (Lipinski definition) is 0. The van der Waals surface area contributed by atoms with Crippen molar-refractivity contribution < 1.29 is 21.1 Å². The van der Waals surface area contributed by atoms with E-state index in [-0.39, 0.29) is 21.1 Å². The molecule has 0 unspecified atom stereocenters. The zero-order valence-corrected chi connectivity index (χ0v) is 9.05. The molecule has 0 N–H and O–H groups in total. The molecule has 0 heterocycles. The molecule has 0 saturated carbocycles. The van der Waals surface area contributed by atoms with Crippen LogP contribution in [0.1, 0.15) is 20.8 Å². The van der Waals surface area contributed by atoms with E-state index in [1.165, 1.54) is 18.5 Å². The van der Waals surface area contributed by atoms with E-state index in [1.54, 1.807) is 0 Å². The second-order valence-electron chi connectivity index (χ2n) is 1.62. The molecule has 0 bridgehead atoms. The number of rotatable bonds is 3. The molecule has 54 valence electrons. The molecule has 0 nitrogen and oxygen atoms in total. The van der Waals surface area contributed by atoms with Crippen LogP contribution in [0.2, 0.25) is 0 Å². The Labute approximate surface area is 68.5 Å². The van der Waals surface area contributed by atoms with Crippen molar-refractivity contribution in [3.63, 3.8) is 0 Å². The Hall–Kier alpha value is 1.12. The minimum absolute atomic E-state index is 0. The molecule has 0 aliphatic heterocycles. The van der Waals surface area contributed by atoms with Crippen LogP contribution < -0.4 is 0 Å². The molecule has 8 heavy (non-hydrogen) atoms. The topological polar surface area (TPSA) is 0 Å². The smallest absolute Gasteiger partial charge is 0 e. The standard InChI is InChI=1S/C6H15P.Pt/c1-4-7(5-2)6-3;/h4-6H2,1-3H3;. The fourth-order valence-corrected chi connectivity index (χ4v) is 2.01. The molecule has 0 spiro atoms. The van der Waals surface area contributed by atoms with Gasteiger partial charge in [-0.3, -0.25) is 0 Å². The molecule has 0 fully saturated rings. The van der Waals surface area contributed by atoms with Gasteiger partial charge in [-0.05, 0) is 18.5 Å². The van der Waals surface area contributed by atoms with Gasteiger partial charge in [0, 0.05) is 21.1 Å². The molecule has 0 aromatic carbocycles. The second kappa shape index (κ2) is 8.12. The van der Waals surface area contributed by atoms with Gasteiger partial charge in [0.1, 0.15) is 0 Å². The van der Waals surface area contributed by atoms with Gasteiger partial charge in [0.2, 0.25) is 0 Å². The van der Waals surface area contributed by atoms with E-state index in [4.69, 9.17) is 0 Å². The second-order valence-corrected chi connectivity index (χ2v) is 4.86. The first-order valence-corrected chi connectivity index (χ1v) is 4.97. The fourth-order valence-electron chi connectivity index (χ4n) is 0.671. The van der Waals surface area contributed by atoms with Gasteiger partial charge in [-0.25, -0.2) is 0 Å². The van der Waals surface area contributed by atoms with Crippen LogP contribution in [0.5, 0.6) is 0 Å². The van der Waals surface area contributed by atoms with Crippen molar-refractivity contribution in [1.29, 1.82) is 0 Å². The van der Waals surface area contributed by atoms with E-state index in [0.29, 0.717) is 7.92 Å². The van der Waals surface area contributed by atoms with Crippen LogP contribution in [-0.2, 0) is 21.1 Å². The summed E-state index contributed by atoms with van der Waals surface area (Å²) in [7, 11) is 0.446. The van der Waals surface area contributed by atoms with Crippen molar-refractivity contribution in [2.45, 2.75) is 20.8 Å². The van der Waals surface area contributed by atoms with Crippen LogP contribution in [0.25, 0.3) is 0 Å². The summed E-state index contributed by atoms with van der Waals surface area (Å²) in [5.74, 6) is 0. The van der Waals surface area contributed by atoms with Crippen LogP contribution in [0, 0.1) is 0 Å². The maximum Gasteiger partial charge on any atom is 0 e. The molecular weight excluding hydrogens is 298 g/mol. The van der Waals surface area contributed by atoms with Gasteiger partial charge in [0.15, 0.2) is 0 Å². The van der Waals surface area contributed by atoms with E-state index in [9.17, 15) is 0 Å². The van der Waals surface area contributed by atoms with Crippen LogP contribution >= 0.6 is 7.92 Å². The number of hydrogen-bond donors (Lipinski definition) is 0. The minimum atomic E-state index is 0. The third-order valence-electron chi connectivity index (χ3n) is 1.34. The van der Waals surface area contributed by atoms with Gasteiger partial charge in [-0.15, -0.1) is 7.92 Å². The first-order chi connectivity index (χ1) is 3.35. The maximum absolute atomic E-state index is 2.29. The zero-order valence-electron chi connectivity index (χ0n) is 5.88. The maximum atomic E-state index is 2.29. The van der Waals surface area contributed by atoms with Gasteiger partial charge in [0.05, 0.1) is 0 Å². The zero-order chi connectivity index (χ0) is 5.70. The summed E-state index contributed by atoms with van der Waals surface area (Å²) in [4.78, 5) is 0. The quantitative estimate of drug-likeness (QED) is 0.703. The van der Waals surface area contributed by atoms with Crippen LogP contribution in [0.4, 0.5) is 0 Å². The Balaban J connectivity index is 0. The van der Waals surface area contributed by atoms with Crippen molar-refractivity contribution in [3.8, 4) is 0 Å². The van der Waals surface area contributed by atoms with Crippen LogP contribution in [0.3, 0.4) is 0 Å². The van der Waals surface area contributed by atoms with Gasteiger partial charge in [-0.2, -0.15) is 0 Å². The van der Waals surface area contributed by atoms with Gasteiger partial charge < -0.3 is 0 Å². The Kier molecular flexibility index (Phi) is 12.0. The summed E-state index contributed by atoms with van der Waals surface area (Å²) < 4.78 is 0. The average Bonchev–Trinajstić information content (AvgIpc) is 1.72. The van der Waals surface area contributed by atoms with Crippen molar-refractivity contribution in [1.82, 2.24) is 0 Å². The Morgan fingerprint density at radius 3 is 1.12 bits per heavy atom. The predicted molar refractivity (Wildman–Crippen MR) is 38.5 cm³/mol. The summed E-state index contributed by atoms with van der Waals surface area (Å²) in [6, 6.07) is 0. The molecule has 0 rings (SSSR count). The van der Waals surface area contributed by atoms with Gasteiger partial charge in [-0.1, -0.05) is 20.8 Å². The molecule has 0 radical (unpaired) electrons. The van der Waals surface area contributed by atoms with Crippen LogP contribution in [-0.4, -0.2) is 18.5 Å². The molecule has 0 aromatic rings. The van der Waals surface area contributed by atoms with E-state index in [2.05, 4.69) is 20.8 Å². The SMILES string of the molecule is CCP(CC)CC.[Pt]. The largest absolute Gasteiger partial charge is 0.108 e. The van der Waals surface area contributed by atoms with E-state index in [1.807, 2.05) is 0 Å². The first kappa shape index (κ1) is 11.9. The summed E-state index contributed by atoms with van der Waals surface area (Å²) in [5, 5.41) is 0. The van der Waals surface area contributed by atoms with Gasteiger partial charge in [0.25, 0.3) is 0 Å². The monoisotopic (exact) mass is 313 g/mol. The van der Waals surface area contributed by atoms with Gasteiger partial charge >= 0.3 is 0 Å². The third kappa shape index (κ3) is 5.26. The summed E-state index contributed by atoms with van der Waals surface area (Å²) in [6.07, 6.45) is 4.26. The molecule has 0 aliphatic rings. The molecule has 2 heteroatoms. The minimum Gasteiger partial charge on any atom is -0.108 e. The van der Waals surface area contributed by atoms with Crippen molar-refractivity contribution >= 4 is 7.92 Å².